The minimum atomic E-state index is -0.649. The second kappa shape index (κ2) is 3.08. The summed E-state index contributed by atoms with van der Waals surface area (Å²) >= 11 is 0. The molecule has 2 unspecified atom stereocenters. The first-order valence-corrected chi connectivity index (χ1v) is 5.84. The molecule has 0 aromatic carbocycles. The monoisotopic (exact) mass is 210 g/mol. The third-order valence-electron chi connectivity index (χ3n) is 4.38. The lowest BCUT2D eigenvalue weighted by molar-refractivity contribution is -0.225. The van der Waals surface area contributed by atoms with Crippen molar-refractivity contribution in [1.29, 1.82) is 0 Å². The van der Waals surface area contributed by atoms with Gasteiger partial charge in [-0.05, 0) is 5.41 Å². The van der Waals surface area contributed by atoms with Gasteiger partial charge in [-0.2, -0.15) is 0 Å². The average Bonchev–Trinajstić information content (AvgIpc) is 2.56. The Morgan fingerprint density at radius 2 is 1.47 bits per heavy atom. The molecule has 2 nitrogen and oxygen atoms in total. The van der Waals surface area contributed by atoms with Crippen molar-refractivity contribution >= 4 is 0 Å². The molecule has 0 aliphatic carbocycles. The molecule has 2 aliphatic rings. The number of hydrogen-bond acceptors (Lipinski definition) is 2. The van der Waals surface area contributed by atoms with Gasteiger partial charge in [-0.25, -0.2) is 0 Å². The third-order valence-corrected chi connectivity index (χ3v) is 4.38. The van der Waals surface area contributed by atoms with Crippen molar-refractivity contribution in [3.05, 3.63) is 12.2 Å². The van der Waals surface area contributed by atoms with E-state index in [1.165, 1.54) is 0 Å². The van der Waals surface area contributed by atoms with Gasteiger partial charge < -0.3 is 9.84 Å². The van der Waals surface area contributed by atoms with Crippen LogP contribution in [0, 0.1) is 17.3 Å². The Labute approximate surface area is 92.3 Å². The smallest absolute Gasteiger partial charge is 0.0818 e. The fraction of sp³-hybridized carbons (Fsp3) is 0.846. The molecule has 5 atom stereocenters. The predicted molar refractivity (Wildman–Crippen MR) is 60.5 cm³/mol. The lowest BCUT2D eigenvalue weighted by atomic mass is 9.60. The van der Waals surface area contributed by atoms with Gasteiger partial charge in [0.2, 0.25) is 0 Å². The largest absolute Gasteiger partial charge is 0.389 e. The van der Waals surface area contributed by atoms with Gasteiger partial charge in [0.1, 0.15) is 0 Å². The van der Waals surface area contributed by atoms with Crippen LogP contribution in [0.1, 0.15) is 34.6 Å². The van der Waals surface area contributed by atoms with Gasteiger partial charge in [0.15, 0.2) is 0 Å². The minimum absolute atomic E-state index is 0.0930. The Bertz CT molecular complexity index is 269. The van der Waals surface area contributed by atoms with E-state index in [0.717, 1.165) is 0 Å². The van der Waals surface area contributed by atoms with Crippen molar-refractivity contribution in [2.45, 2.75) is 52.4 Å². The molecule has 2 heterocycles. The van der Waals surface area contributed by atoms with Crippen molar-refractivity contribution in [3.63, 3.8) is 0 Å². The van der Waals surface area contributed by atoms with Crippen LogP contribution >= 0.6 is 0 Å². The summed E-state index contributed by atoms with van der Waals surface area (Å²) in [6.45, 7) is 10.5. The molecule has 0 aromatic heterocycles. The fourth-order valence-corrected chi connectivity index (χ4v) is 3.34. The molecule has 0 aromatic rings. The van der Waals surface area contributed by atoms with E-state index in [1.807, 2.05) is 0 Å². The maximum absolute atomic E-state index is 11.0. The van der Waals surface area contributed by atoms with Crippen molar-refractivity contribution in [2.24, 2.45) is 17.3 Å². The highest BCUT2D eigenvalue weighted by Gasteiger charge is 2.57. The van der Waals surface area contributed by atoms with E-state index in [0.29, 0.717) is 0 Å². The number of hydrogen-bond donors (Lipinski definition) is 1. The molecular weight excluding hydrogens is 188 g/mol. The Hall–Kier alpha value is -0.340. The van der Waals surface area contributed by atoms with E-state index in [2.05, 4.69) is 46.8 Å². The van der Waals surface area contributed by atoms with E-state index in [9.17, 15) is 5.11 Å². The topological polar surface area (TPSA) is 29.5 Å². The predicted octanol–water partition coefficient (Wildman–Crippen LogP) is 2.37. The molecule has 1 fully saturated rings. The first-order valence-electron chi connectivity index (χ1n) is 5.84. The highest BCUT2D eigenvalue weighted by atomic mass is 16.5. The number of fused-ring (bicyclic) bond motifs is 2. The van der Waals surface area contributed by atoms with Gasteiger partial charge in [-0.1, -0.05) is 46.8 Å². The average molecular weight is 210 g/mol. The quantitative estimate of drug-likeness (QED) is 0.622. The Morgan fingerprint density at radius 1 is 1.07 bits per heavy atom. The van der Waals surface area contributed by atoms with E-state index >= 15 is 0 Å². The lowest BCUT2D eigenvalue weighted by Gasteiger charge is -2.54. The summed E-state index contributed by atoms with van der Waals surface area (Å²) in [6, 6.07) is 0. The van der Waals surface area contributed by atoms with Gasteiger partial charge in [0.05, 0.1) is 17.8 Å². The van der Waals surface area contributed by atoms with Crippen LogP contribution in [0.4, 0.5) is 0 Å². The molecular formula is C13H22O2. The highest BCUT2D eigenvalue weighted by Crippen LogP contribution is 2.51. The van der Waals surface area contributed by atoms with Crippen LogP contribution in [-0.2, 0) is 4.74 Å². The van der Waals surface area contributed by atoms with E-state index < -0.39 is 5.60 Å². The van der Waals surface area contributed by atoms with E-state index in [-0.39, 0.29) is 29.5 Å². The van der Waals surface area contributed by atoms with E-state index in [1.54, 1.807) is 0 Å². The Balaban J connectivity index is 2.41. The van der Waals surface area contributed by atoms with Gasteiger partial charge in [0, 0.05) is 11.8 Å². The van der Waals surface area contributed by atoms with Gasteiger partial charge in [-0.15, -0.1) is 0 Å². The summed E-state index contributed by atoms with van der Waals surface area (Å²) in [5, 5.41) is 11.0. The maximum atomic E-state index is 11.0. The molecule has 2 aliphatic heterocycles. The van der Waals surface area contributed by atoms with Crippen molar-refractivity contribution in [2.75, 3.05) is 0 Å². The summed E-state index contributed by atoms with van der Waals surface area (Å²) in [5.41, 5.74) is -0.762. The highest BCUT2D eigenvalue weighted by molar-refractivity contribution is 5.18. The molecule has 0 amide bonds. The summed E-state index contributed by atoms with van der Waals surface area (Å²) in [7, 11) is 0. The van der Waals surface area contributed by atoms with Crippen LogP contribution in [0.5, 0.6) is 0 Å². The number of aliphatic hydroxyl groups is 1. The number of rotatable bonds is 0. The van der Waals surface area contributed by atoms with Crippen molar-refractivity contribution in [1.82, 2.24) is 0 Å². The molecule has 1 saturated heterocycles. The molecule has 86 valence electrons. The first kappa shape index (κ1) is 11.2. The van der Waals surface area contributed by atoms with Gasteiger partial charge in [0.25, 0.3) is 0 Å². The van der Waals surface area contributed by atoms with Gasteiger partial charge in [-0.3, -0.25) is 0 Å². The molecule has 2 heteroatoms. The zero-order chi connectivity index (χ0) is 11.4. The summed E-state index contributed by atoms with van der Waals surface area (Å²) in [5.74, 6) is 0.310. The van der Waals surface area contributed by atoms with Crippen LogP contribution < -0.4 is 0 Å². The summed E-state index contributed by atoms with van der Waals surface area (Å²) < 4.78 is 5.84. The molecule has 0 saturated carbocycles. The third kappa shape index (κ3) is 1.31. The molecule has 15 heavy (non-hydrogen) atoms. The lowest BCUT2D eigenvalue weighted by Crippen LogP contribution is -2.61. The molecule has 1 N–H and O–H groups in total. The first-order chi connectivity index (χ1) is 6.78. The second-order valence-electron chi connectivity index (χ2n) is 6.10. The Kier molecular flexibility index (Phi) is 2.29. The Morgan fingerprint density at radius 3 is 1.80 bits per heavy atom. The molecule has 0 spiro atoms. The normalized spacial score (nSPS) is 49.7. The van der Waals surface area contributed by atoms with Crippen LogP contribution in [-0.4, -0.2) is 22.9 Å². The summed E-state index contributed by atoms with van der Waals surface area (Å²) in [4.78, 5) is 0. The second-order valence-corrected chi connectivity index (χ2v) is 6.10. The molecule has 0 radical (unpaired) electrons. The fourth-order valence-electron chi connectivity index (χ4n) is 3.34. The zero-order valence-corrected chi connectivity index (χ0v) is 10.3. The summed E-state index contributed by atoms with van der Waals surface area (Å²) in [6.07, 6.45) is 4.40. The standard InChI is InChI=1S/C13H22O2/c1-8-10-6-7-11(15-10)9(2)13(8,14)12(3,4)5/h6-11,14H,1-5H3/t8-,9+,10+,11?,13?/m1/s1. The maximum Gasteiger partial charge on any atom is 0.0818 e. The zero-order valence-electron chi connectivity index (χ0n) is 10.3. The van der Waals surface area contributed by atoms with Gasteiger partial charge >= 0.3 is 0 Å². The van der Waals surface area contributed by atoms with Crippen molar-refractivity contribution in [3.8, 4) is 0 Å². The van der Waals surface area contributed by atoms with Crippen LogP contribution in [0.15, 0.2) is 12.2 Å². The molecule has 2 bridgehead atoms. The van der Waals surface area contributed by atoms with Crippen LogP contribution in [0.3, 0.4) is 0 Å². The minimum Gasteiger partial charge on any atom is -0.389 e. The molecule has 2 rings (SSSR count). The van der Waals surface area contributed by atoms with E-state index in [4.69, 9.17) is 4.74 Å². The van der Waals surface area contributed by atoms with Crippen LogP contribution in [0.2, 0.25) is 0 Å². The SMILES string of the molecule is C[C@@H]1[C@@H]2C=CC(O2)[C@H](C)C1(O)C(C)(C)C. The van der Waals surface area contributed by atoms with Crippen LogP contribution in [0.25, 0.3) is 0 Å². The number of ether oxygens (including phenoxy) is 1. The van der Waals surface area contributed by atoms with Crippen molar-refractivity contribution < 1.29 is 9.84 Å².